The monoisotopic (exact) mass is 430 g/mol. The Labute approximate surface area is 180 Å². The van der Waals surface area contributed by atoms with Crippen molar-refractivity contribution in [2.45, 2.75) is 0 Å². The predicted octanol–water partition coefficient (Wildman–Crippen LogP) is 2.48. The molecule has 8 heteroatoms. The number of halogens is 2. The number of rotatable bonds is 2. The number of nitrogens with zero attached hydrogens (tertiary/aromatic N) is 4. The Morgan fingerprint density at radius 3 is 1.87 bits per heavy atom. The van der Waals surface area contributed by atoms with Crippen molar-refractivity contribution in [3.8, 4) is 0 Å². The first kappa shape index (κ1) is 20.5. The molecule has 0 aromatic heterocycles. The van der Waals surface area contributed by atoms with E-state index in [-0.39, 0.29) is 5.82 Å². The number of carbonyl (C=O) groups excluding carboxylic acids is 2. The van der Waals surface area contributed by atoms with Gasteiger partial charge in [-0.2, -0.15) is 0 Å². The topological polar surface area (TPSA) is 47.1 Å². The van der Waals surface area contributed by atoms with E-state index < -0.39 is 11.8 Å². The van der Waals surface area contributed by atoms with Crippen LogP contribution in [0, 0.1) is 5.82 Å². The molecule has 0 unspecified atom stereocenters. The van der Waals surface area contributed by atoms with Gasteiger partial charge in [0.1, 0.15) is 5.82 Å². The van der Waals surface area contributed by atoms with Crippen molar-refractivity contribution in [2.75, 3.05) is 62.2 Å². The van der Waals surface area contributed by atoms with E-state index in [9.17, 15) is 14.0 Å². The minimum absolute atomic E-state index is 0.272. The van der Waals surface area contributed by atoms with Crippen molar-refractivity contribution in [3.05, 3.63) is 59.4 Å². The Bertz CT molecular complexity index is 925. The molecule has 0 N–H and O–H groups in total. The van der Waals surface area contributed by atoms with E-state index in [1.807, 2.05) is 29.2 Å². The summed E-state index contributed by atoms with van der Waals surface area (Å²) in [6.45, 7) is 4.10. The molecule has 30 heavy (non-hydrogen) atoms. The molecule has 2 amide bonds. The van der Waals surface area contributed by atoms with Gasteiger partial charge in [0, 0.05) is 63.1 Å². The van der Waals surface area contributed by atoms with Crippen LogP contribution >= 0.6 is 11.6 Å². The van der Waals surface area contributed by atoms with Gasteiger partial charge in [-0.1, -0.05) is 29.8 Å². The minimum Gasteiger partial charge on any atom is -0.368 e. The number of amides is 2. The zero-order valence-electron chi connectivity index (χ0n) is 16.6. The molecule has 6 nitrogen and oxygen atoms in total. The summed E-state index contributed by atoms with van der Waals surface area (Å²) in [5.41, 5.74) is 1.55. The highest BCUT2D eigenvalue weighted by atomic mass is 35.5. The molecule has 2 aromatic carbocycles. The lowest BCUT2D eigenvalue weighted by molar-refractivity contribution is -0.152. The number of piperazine rings is 2. The molecule has 2 aliphatic rings. The number of benzene rings is 2. The van der Waals surface area contributed by atoms with E-state index >= 15 is 0 Å². The molecule has 2 aromatic rings. The Balaban J connectivity index is 1.29. The van der Waals surface area contributed by atoms with Gasteiger partial charge in [0.15, 0.2) is 0 Å². The van der Waals surface area contributed by atoms with Gasteiger partial charge >= 0.3 is 11.8 Å². The lowest BCUT2D eigenvalue weighted by Gasteiger charge is -2.38. The van der Waals surface area contributed by atoms with Gasteiger partial charge in [-0.25, -0.2) is 4.39 Å². The van der Waals surface area contributed by atoms with Crippen molar-refractivity contribution in [1.82, 2.24) is 9.80 Å². The molecule has 2 saturated heterocycles. The van der Waals surface area contributed by atoms with Crippen LogP contribution in [0.5, 0.6) is 0 Å². The molecule has 0 saturated carbocycles. The van der Waals surface area contributed by atoms with Crippen molar-refractivity contribution < 1.29 is 14.0 Å². The second-order valence-corrected chi connectivity index (χ2v) is 7.93. The Kier molecular flexibility index (Phi) is 6.08. The van der Waals surface area contributed by atoms with E-state index in [1.165, 1.54) is 6.07 Å². The summed E-state index contributed by atoms with van der Waals surface area (Å²) in [7, 11) is 0. The number of para-hydroxylation sites is 1. The average Bonchev–Trinajstić information content (AvgIpc) is 2.79. The SMILES string of the molecule is O=C(C(=O)N1CCN(c2ccccc2F)CC1)N1CCN(c2cccc(Cl)c2)CC1. The summed E-state index contributed by atoms with van der Waals surface area (Å²) >= 11 is 6.06. The number of hydrogen-bond donors (Lipinski definition) is 0. The van der Waals surface area contributed by atoms with Crippen LogP contribution in [0.3, 0.4) is 0 Å². The second-order valence-electron chi connectivity index (χ2n) is 7.49. The first-order chi connectivity index (χ1) is 14.5. The smallest absolute Gasteiger partial charge is 0.312 e. The molecule has 158 valence electrons. The Morgan fingerprint density at radius 2 is 1.30 bits per heavy atom. The Hall–Kier alpha value is -2.80. The highest BCUT2D eigenvalue weighted by Gasteiger charge is 2.31. The molecule has 4 rings (SSSR count). The van der Waals surface area contributed by atoms with Crippen molar-refractivity contribution >= 4 is 34.8 Å². The van der Waals surface area contributed by atoms with E-state index in [1.54, 1.807) is 28.0 Å². The van der Waals surface area contributed by atoms with E-state index in [0.717, 1.165) is 5.69 Å². The maximum atomic E-state index is 14.0. The van der Waals surface area contributed by atoms with Crippen LogP contribution in [-0.2, 0) is 9.59 Å². The standard InChI is InChI=1S/C22H24ClFN4O2/c23-17-4-3-5-18(16-17)25-8-12-27(13-9-25)21(29)22(30)28-14-10-26(11-15-28)20-7-2-1-6-19(20)24/h1-7,16H,8-15H2. The summed E-state index contributed by atoms with van der Waals surface area (Å²) in [6.07, 6.45) is 0. The van der Waals surface area contributed by atoms with E-state index in [0.29, 0.717) is 63.1 Å². The fraction of sp³-hybridized carbons (Fsp3) is 0.364. The van der Waals surface area contributed by atoms with Gasteiger partial charge in [-0.15, -0.1) is 0 Å². The summed E-state index contributed by atoms with van der Waals surface area (Å²) in [4.78, 5) is 32.7. The summed E-state index contributed by atoms with van der Waals surface area (Å²) in [5, 5.41) is 0.677. The highest BCUT2D eigenvalue weighted by molar-refractivity contribution is 6.35. The van der Waals surface area contributed by atoms with Crippen molar-refractivity contribution in [1.29, 1.82) is 0 Å². The third-order valence-electron chi connectivity index (χ3n) is 5.68. The largest absolute Gasteiger partial charge is 0.368 e. The third kappa shape index (κ3) is 4.36. The van der Waals surface area contributed by atoms with Crippen LogP contribution in [0.1, 0.15) is 0 Å². The number of hydrogen-bond acceptors (Lipinski definition) is 4. The highest BCUT2D eigenvalue weighted by Crippen LogP contribution is 2.22. The van der Waals surface area contributed by atoms with Gasteiger partial charge in [-0.3, -0.25) is 9.59 Å². The molecule has 0 spiro atoms. The third-order valence-corrected chi connectivity index (χ3v) is 5.92. The zero-order chi connectivity index (χ0) is 21.1. The van der Waals surface area contributed by atoms with E-state index in [2.05, 4.69) is 4.90 Å². The first-order valence-corrected chi connectivity index (χ1v) is 10.5. The quantitative estimate of drug-likeness (QED) is 0.687. The molecular weight excluding hydrogens is 407 g/mol. The van der Waals surface area contributed by atoms with Crippen LogP contribution in [0.15, 0.2) is 48.5 Å². The molecule has 0 atom stereocenters. The molecule has 2 heterocycles. The van der Waals surface area contributed by atoms with Crippen LogP contribution < -0.4 is 9.80 Å². The summed E-state index contributed by atoms with van der Waals surface area (Å²) in [5.74, 6) is -1.20. The van der Waals surface area contributed by atoms with Gasteiger partial charge in [0.2, 0.25) is 0 Å². The van der Waals surface area contributed by atoms with Crippen LogP contribution in [0.25, 0.3) is 0 Å². The van der Waals surface area contributed by atoms with Crippen LogP contribution in [0.4, 0.5) is 15.8 Å². The summed E-state index contributed by atoms with van der Waals surface area (Å²) < 4.78 is 14.0. The normalized spacial score (nSPS) is 17.3. The van der Waals surface area contributed by atoms with Crippen LogP contribution in [-0.4, -0.2) is 74.0 Å². The molecule has 0 radical (unpaired) electrons. The maximum absolute atomic E-state index is 14.0. The predicted molar refractivity (Wildman–Crippen MR) is 115 cm³/mol. The van der Waals surface area contributed by atoms with Crippen molar-refractivity contribution in [2.24, 2.45) is 0 Å². The minimum atomic E-state index is -0.473. The van der Waals surface area contributed by atoms with E-state index in [4.69, 9.17) is 11.6 Å². The molecule has 2 aliphatic heterocycles. The van der Waals surface area contributed by atoms with Crippen molar-refractivity contribution in [3.63, 3.8) is 0 Å². The molecular formula is C22H24ClFN4O2. The number of carbonyl (C=O) groups is 2. The first-order valence-electron chi connectivity index (χ1n) is 10.1. The fourth-order valence-electron chi connectivity index (χ4n) is 3.97. The van der Waals surface area contributed by atoms with Gasteiger partial charge in [0.05, 0.1) is 5.69 Å². The Morgan fingerprint density at radius 1 is 0.733 bits per heavy atom. The molecule has 2 fully saturated rings. The fourth-order valence-corrected chi connectivity index (χ4v) is 4.15. The van der Waals surface area contributed by atoms with Gasteiger partial charge in [0.25, 0.3) is 0 Å². The number of anilines is 2. The average molecular weight is 431 g/mol. The molecule has 0 bridgehead atoms. The lowest BCUT2D eigenvalue weighted by atomic mass is 10.2. The molecule has 0 aliphatic carbocycles. The maximum Gasteiger partial charge on any atom is 0.312 e. The van der Waals surface area contributed by atoms with Crippen LogP contribution in [0.2, 0.25) is 5.02 Å². The lowest BCUT2D eigenvalue weighted by Crippen LogP contribution is -2.56. The zero-order valence-corrected chi connectivity index (χ0v) is 17.4. The van der Waals surface area contributed by atoms with Gasteiger partial charge < -0.3 is 19.6 Å². The summed E-state index contributed by atoms with van der Waals surface area (Å²) in [6, 6.07) is 14.2. The second kappa shape index (κ2) is 8.92. The van der Waals surface area contributed by atoms with Gasteiger partial charge in [-0.05, 0) is 30.3 Å².